The standard InChI is InChI=1S/C19H21BrFN3O/c1-13-3-5-15(21)11-16(13)18(25)23-19(2)7-9-24(10-8-19)17-6-4-14(20)12-22-17/h3-6,11-12H,7-10H2,1-2H3,(H,23,25). The van der Waals surface area contributed by atoms with Crippen LogP contribution < -0.4 is 10.2 Å². The first-order valence-electron chi connectivity index (χ1n) is 8.31. The lowest BCUT2D eigenvalue weighted by Crippen LogP contribution is -2.53. The lowest BCUT2D eigenvalue weighted by molar-refractivity contribution is 0.0890. The monoisotopic (exact) mass is 405 g/mol. The minimum Gasteiger partial charge on any atom is -0.356 e. The average molecular weight is 406 g/mol. The minimum absolute atomic E-state index is 0.213. The molecule has 0 atom stereocenters. The predicted octanol–water partition coefficient (Wildman–Crippen LogP) is 4.08. The quantitative estimate of drug-likeness (QED) is 0.836. The zero-order valence-corrected chi connectivity index (χ0v) is 15.9. The molecule has 0 aliphatic carbocycles. The van der Waals surface area contributed by atoms with E-state index in [1.807, 2.05) is 26.0 Å². The maximum atomic E-state index is 13.5. The largest absolute Gasteiger partial charge is 0.356 e. The highest BCUT2D eigenvalue weighted by Crippen LogP contribution is 2.26. The van der Waals surface area contributed by atoms with Gasteiger partial charge in [0.1, 0.15) is 11.6 Å². The molecule has 25 heavy (non-hydrogen) atoms. The Morgan fingerprint density at radius 2 is 2.00 bits per heavy atom. The molecule has 0 unspecified atom stereocenters. The van der Waals surface area contributed by atoms with E-state index in [1.165, 1.54) is 12.1 Å². The Bertz CT molecular complexity index is 771. The number of rotatable bonds is 3. The van der Waals surface area contributed by atoms with E-state index in [-0.39, 0.29) is 11.4 Å². The van der Waals surface area contributed by atoms with E-state index in [0.717, 1.165) is 41.8 Å². The second kappa shape index (κ2) is 7.12. The minimum atomic E-state index is -0.392. The zero-order chi connectivity index (χ0) is 18.0. The molecule has 0 bridgehead atoms. The molecule has 0 spiro atoms. The summed E-state index contributed by atoms with van der Waals surface area (Å²) in [5.74, 6) is 0.337. The Kier molecular flexibility index (Phi) is 5.08. The second-order valence-electron chi connectivity index (χ2n) is 6.80. The molecule has 1 fully saturated rings. The van der Waals surface area contributed by atoms with Crippen LogP contribution in [0, 0.1) is 12.7 Å². The van der Waals surface area contributed by atoms with E-state index in [1.54, 1.807) is 12.3 Å². The van der Waals surface area contributed by atoms with Gasteiger partial charge in [0, 0.05) is 34.9 Å². The number of benzene rings is 1. The number of amides is 1. The summed E-state index contributed by atoms with van der Waals surface area (Å²) in [5.41, 5.74) is 0.874. The van der Waals surface area contributed by atoms with Gasteiger partial charge in [-0.15, -0.1) is 0 Å². The second-order valence-corrected chi connectivity index (χ2v) is 7.71. The zero-order valence-electron chi connectivity index (χ0n) is 14.4. The van der Waals surface area contributed by atoms with Crippen LogP contribution in [0.2, 0.25) is 0 Å². The van der Waals surface area contributed by atoms with Crippen LogP contribution in [0.1, 0.15) is 35.7 Å². The van der Waals surface area contributed by atoms with Crippen molar-refractivity contribution in [2.24, 2.45) is 0 Å². The van der Waals surface area contributed by atoms with Crippen molar-refractivity contribution in [2.45, 2.75) is 32.2 Å². The van der Waals surface area contributed by atoms with Crippen molar-refractivity contribution in [3.8, 4) is 0 Å². The fourth-order valence-corrected chi connectivity index (χ4v) is 3.32. The topological polar surface area (TPSA) is 45.2 Å². The number of halogens is 2. The molecular formula is C19H21BrFN3O. The van der Waals surface area contributed by atoms with E-state index in [0.29, 0.717) is 5.56 Å². The molecule has 3 rings (SSSR count). The van der Waals surface area contributed by atoms with Crippen LogP contribution in [0.3, 0.4) is 0 Å². The predicted molar refractivity (Wildman–Crippen MR) is 100 cm³/mol. The number of piperidine rings is 1. The van der Waals surface area contributed by atoms with Crippen LogP contribution in [0.4, 0.5) is 10.2 Å². The molecule has 132 valence electrons. The summed E-state index contributed by atoms with van der Waals surface area (Å²) in [7, 11) is 0. The third kappa shape index (κ3) is 4.18. The fraction of sp³-hybridized carbons (Fsp3) is 0.368. The summed E-state index contributed by atoms with van der Waals surface area (Å²) in [5, 5.41) is 3.10. The van der Waals surface area contributed by atoms with Crippen LogP contribution in [0.15, 0.2) is 41.0 Å². The van der Waals surface area contributed by atoms with Gasteiger partial charge >= 0.3 is 0 Å². The molecule has 1 N–H and O–H groups in total. The van der Waals surface area contributed by atoms with Crippen molar-refractivity contribution >= 4 is 27.7 Å². The van der Waals surface area contributed by atoms with Crippen LogP contribution in [-0.2, 0) is 0 Å². The summed E-state index contributed by atoms with van der Waals surface area (Å²) in [6.07, 6.45) is 3.41. The molecule has 4 nitrogen and oxygen atoms in total. The lowest BCUT2D eigenvalue weighted by Gasteiger charge is -2.40. The van der Waals surface area contributed by atoms with E-state index in [4.69, 9.17) is 0 Å². The van der Waals surface area contributed by atoms with Gasteiger partial charge in [0.2, 0.25) is 0 Å². The molecule has 1 aliphatic rings. The third-order valence-electron chi connectivity index (χ3n) is 4.76. The lowest BCUT2D eigenvalue weighted by atomic mass is 9.89. The Labute approximate surface area is 155 Å². The summed E-state index contributed by atoms with van der Waals surface area (Å²) >= 11 is 3.39. The normalized spacial score (nSPS) is 16.6. The van der Waals surface area contributed by atoms with E-state index in [9.17, 15) is 9.18 Å². The summed E-state index contributed by atoms with van der Waals surface area (Å²) in [6, 6.07) is 8.27. The van der Waals surface area contributed by atoms with Crippen molar-refractivity contribution in [1.82, 2.24) is 10.3 Å². The van der Waals surface area contributed by atoms with Gasteiger partial charge in [-0.25, -0.2) is 9.37 Å². The first-order valence-corrected chi connectivity index (χ1v) is 9.11. The maximum absolute atomic E-state index is 13.5. The summed E-state index contributed by atoms with van der Waals surface area (Å²) in [6.45, 7) is 5.49. The van der Waals surface area contributed by atoms with Crippen molar-refractivity contribution < 1.29 is 9.18 Å². The number of carbonyl (C=O) groups excluding carboxylic acids is 1. The Hall–Kier alpha value is -1.95. The number of nitrogens with one attached hydrogen (secondary N) is 1. The fourth-order valence-electron chi connectivity index (χ4n) is 3.09. The molecule has 1 saturated heterocycles. The number of hydrogen-bond acceptors (Lipinski definition) is 3. The number of pyridine rings is 1. The van der Waals surface area contributed by atoms with Gasteiger partial charge in [-0.1, -0.05) is 6.07 Å². The Morgan fingerprint density at radius 1 is 1.28 bits per heavy atom. The molecule has 6 heteroatoms. The van der Waals surface area contributed by atoms with E-state index < -0.39 is 5.82 Å². The SMILES string of the molecule is Cc1ccc(F)cc1C(=O)NC1(C)CCN(c2ccc(Br)cn2)CC1. The third-order valence-corrected chi connectivity index (χ3v) is 5.23. The van der Waals surface area contributed by atoms with Gasteiger partial charge in [-0.2, -0.15) is 0 Å². The van der Waals surface area contributed by atoms with Crippen LogP contribution >= 0.6 is 15.9 Å². The van der Waals surface area contributed by atoms with Gasteiger partial charge in [0.25, 0.3) is 5.91 Å². The first kappa shape index (κ1) is 17.9. The van der Waals surface area contributed by atoms with Gasteiger partial charge in [-0.3, -0.25) is 4.79 Å². The highest BCUT2D eigenvalue weighted by molar-refractivity contribution is 9.10. The molecule has 1 aromatic heterocycles. The van der Waals surface area contributed by atoms with Crippen molar-refractivity contribution in [3.05, 3.63) is 57.9 Å². The molecular weight excluding hydrogens is 385 g/mol. The van der Waals surface area contributed by atoms with E-state index >= 15 is 0 Å². The van der Waals surface area contributed by atoms with Gasteiger partial charge in [-0.05, 0) is 72.4 Å². The van der Waals surface area contributed by atoms with E-state index in [2.05, 4.69) is 31.1 Å². The molecule has 0 saturated carbocycles. The molecule has 1 aromatic carbocycles. The van der Waals surface area contributed by atoms with Crippen molar-refractivity contribution in [1.29, 1.82) is 0 Å². The molecule has 2 aromatic rings. The smallest absolute Gasteiger partial charge is 0.252 e. The molecule has 0 radical (unpaired) electrons. The summed E-state index contributed by atoms with van der Waals surface area (Å²) in [4.78, 5) is 19.2. The van der Waals surface area contributed by atoms with Crippen LogP contribution in [-0.4, -0.2) is 29.5 Å². The highest BCUT2D eigenvalue weighted by Gasteiger charge is 2.32. The number of anilines is 1. The van der Waals surface area contributed by atoms with Crippen LogP contribution in [0.25, 0.3) is 0 Å². The number of hydrogen-bond donors (Lipinski definition) is 1. The molecule has 1 amide bonds. The van der Waals surface area contributed by atoms with Gasteiger partial charge in [0.15, 0.2) is 0 Å². The van der Waals surface area contributed by atoms with Gasteiger partial charge < -0.3 is 10.2 Å². The summed E-state index contributed by atoms with van der Waals surface area (Å²) < 4.78 is 14.4. The number of nitrogens with zero attached hydrogens (tertiary/aromatic N) is 2. The van der Waals surface area contributed by atoms with Gasteiger partial charge in [0.05, 0.1) is 0 Å². The highest BCUT2D eigenvalue weighted by atomic mass is 79.9. The van der Waals surface area contributed by atoms with Crippen molar-refractivity contribution in [3.63, 3.8) is 0 Å². The Balaban J connectivity index is 1.65. The first-order chi connectivity index (χ1) is 11.9. The average Bonchev–Trinajstić information content (AvgIpc) is 2.58. The number of aryl methyl sites for hydroxylation is 1. The molecule has 2 heterocycles. The Morgan fingerprint density at radius 3 is 2.64 bits per heavy atom. The maximum Gasteiger partial charge on any atom is 0.252 e. The van der Waals surface area contributed by atoms with Crippen LogP contribution in [0.5, 0.6) is 0 Å². The number of aromatic nitrogens is 1. The molecule has 1 aliphatic heterocycles. The number of carbonyl (C=O) groups is 1. The van der Waals surface area contributed by atoms with Crippen molar-refractivity contribution in [2.75, 3.05) is 18.0 Å².